The van der Waals surface area contributed by atoms with Crippen LogP contribution in [-0.4, -0.2) is 53.5 Å². The Balaban J connectivity index is 0. The topological polar surface area (TPSA) is 173 Å². The number of ether oxygens (including phenoxy) is 2. The van der Waals surface area contributed by atoms with Crippen molar-refractivity contribution in [3.8, 4) is 23.0 Å². The molecule has 0 heterocycles. The van der Waals surface area contributed by atoms with Crippen molar-refractivity contribution >= 4 is 34.1 Å². The van der Waals surface area contributed by atoms with Crippen LogP contribution < -0.4 is 68.6 Å². The molecule has 0 atom stereocenters. The predicted octanol–water partition coefficient (Wildman–Crippen LogP) is -3.96. The molecule has 0 fully saturated rings. The molecule has 0 unspecified atom stereocenters. The Bertz CT molecular complexity index is 1050. The number of hydrogen-bond acceptors (Lipinski definition) is 10. The molecular weight excluding hydrogens is 490 g/mol. The van der Waals surface area contributed by atoms with Gasteiger partial charge in [0, 0.05) is 10.4 Å². The van der Waals surface area contributed by atoms with Crippen molar-refractivity contribution in [3.05, 3.63) is 59.7 Å². The normalized spacial score (nSPS) is 10.5. The van der Waals surface area contributed by atoms with Gasteiger partial charge in [-0.25, -0.2) is 0 Å². The first kappa shape index (κ1) is 34.5. The number of rotatable bonds is 8. The number of phenols is 2. The molecule has 10 nitrogen and oxygen atoms in total. The van der Waals surface area contributed by atoms with Gasteiger partial charge in [0.1, 0.15) is 0 Å². The van der Waals surface area contributed by atoms with E-state index >= 15 is 0 Å². The fourth-order valence-corrected chi connectivity index (χ4v) is 2.26. The molecule has 0 amide bonds. The van der Waals surface area contributed by atoms with Gasteiger partial charge in [-0.05, 0) is 47.5 Å². The summed E-state index contributed by atoms with van der Waals surface area (Å²) in [4.78, 5) is 23.9. The van der Waals surface area contributed by atoms with Gasteiger partial charge in [0.15, 0.2) is 34.6 Å². The molecular formula is C21H20Na2O10S. The molecule has 2 aromatic carbocycles. The van der Waals surface area contributed by atoms with Crippen molar-refractivity contribution in [3.63, 3.8) is 0 Å². The van der Waals surface area contributed by atoms with Gasteiger partial charge in [0.25, 0.3) is 0 Å². The third-order valence-electron chi connectivity index (χ3n) is 3.68. The summed E-state index contributed by atoms with van der Waals surface area (Å²) in [5.41, 5.74) is 1.33. The monoisotopic (exact) mass is 510 g/mol. The van der Waals surface area contributed by atoms with Crippen LogP contribution in [0.15, 0.2) is 48.6 Å². The summed E-state index contributed by atoms with van der Waals surface area (Å²) in [5, 5.41) is 19.1. The quantitative estimate of drug-likeness (QED) is 0.117. The van der Waals surface area contributed by atoms with Crippen LogP contribution in [0, 0.1) is 0 Å². The maximum Gasteiger partial charge on any atom is 1.00 e. The van der Waals surface area contributed by atoms with E-state index in [1.807, 2.05) is 0 Å². The molecule has 0 aromatic heterocycles. The molecule has 0 bridgehead atoms. The number of carbonyl (C=O) groups excluding carboxylic acids is 2. The molecule has 2 N–H and O–H groups in total. The molecule has 13 heteroatoms. The number of ketones is 2. The smallest absolute Gasteiger partial charge is 0.759 e. The first-order valence-corrected chi connectivity index (χ1v) is 10.1. The number of hydrogen-bond donors (Lipinski definition) is 2. The third kappa shape index (κ3) is 14.6. The zero-order valence-corrected chi connectivity index (χ0v) is 23.9. The predicted molar refractivity (Wildman–Crippen MR) is 112 cm³/mol. The van der Waals surface area contributed by atoms with Crippen molar-refractivity contribution < 1.29 is 106 Å². The Morgan fingerprint density at radius 1 is 0.824 bits per heavy atom. The van der Waals surface area contributed by atoms with Crippen molar-refractivity contribution in [1.29, 1.82) is 0 Å². The van der Waals surface area contributed by atoms with Gasteiger partial charge in [-0.2, -0.15) is 0 Å². The minimum absolute atomic E-state index is 0. The number of methoxy groups -OCH3 is 2. The average molecular weight is 510 g/mol. The van der Waals surface area contributed by atoms with Crippen LogP contribution in [0.1, 0.15) is 17.5 Å². The van der Waals surface area contributed by atoms with Crippen LogP contribution in [0.5, 0.6) is 23.0 Å². The van der Waals surface area contributed by atoms with E-state index in [-0.39, 0.29) is 88.6 Å². The number of aromatic hydroxyl groups is 2. The zero-order valence-electron chi connectivity index (χ0n) is 19.0. The maximum absolute atomic E-state index is 11.9. The second kappa shape index (κ2) is 16.9. The van der Waals surface area contributed by atoms with E-state index in [9.17, 15) is 19.8 Å². The Morgan fingerprint density at radius 3 is 1.44 bits per heavy atom. The number of allylic oxidation sites excluding steroid dienone is 2. The minimum Gasteiger partial charge on any atom is -0.759 e. The summed E-state index contributed by atoms with van der Waals surface area (Å²) >= 11 is 0. The Hall–Kier alpha value is -1.67. The van der Waals surface area contributed by atoms with Gasteiger partial charge >= 0.3 is 59.1 Å². The SMILES string of the molecule is COc1cc(C=CC(=O)CC(=O)C=Cc2ccc(O)c(OC)c2)ccc1O.O=S(=O)([O-])[O-].[Na+].[Na+]. The molecule has 0 saturated heterocycles. The van der Waals surface area contributed by atoms with Crippen LogP contribution in [0.4, 0.5) is 0 Å². The second-order valence-corrected chi connectivity index (χ2v) is 6.86. The van der Waals surface area contributed by atoms with Crippen LogP contribution in [0.25, 0.3) is 12.2 Å². The molecule has 0 aliphatic rings. The minimum atomic E-state index is -5.17. The van der Waals surface area contributed by atoms with E-state index in [1.54, 1.807) is 36.4 Å². The average Bonchev–Trinajstić information content (AvgIpc) is 2.71. The molecule has 172 valence electrons. The molecule has 34 heavy (non-hydrogen) atoms. The van der Waals surface area contributed by atoms with E-state index in [0.717, 1.165) is 0 Å². The molecule has 0 saturated carbocycles. The van der Waals surface area contributed by atoms with E-state index in [2.05, 4.69) is 0 Å². The molecule has 2 rings (SSSR count). The van der Waals surface area contributed by atoms with Crippen LogP contribution >= 0.6 is 0 Å². The molecule has 0 spiro atoms. The molecule has 0 aliphatic carbocycles. The summed E-state index contributed by atoms with van der Waals surface area (Å²) in [6, 6.07) is 9.34. The van der Waals surface area contributed by atoms with Crippen molar-refractivity contribution in [2.45, 2.75) is 6.42 Å². The van der Waals surface area contributed by atoms with Gasteiger partial charge < -0.3 is 28.8 Å². The second-order valence-electron chi connectivity index (χ2n) is 6.05. The number of phenolic OH excluding ortho intramolecular Hbond substituents is 2. The summed E-state index contributed by atoms with van der Waals surface area (Å²) in [5.74, 6) is -0.0832. The van der Waals surface area contributed by atoms with Crippen LogP contribution in [0.2, 0.25) is 0 Å². The van der Waals surface area contributed by atoms with Gasteiger partial charge in [-0.15, -0.1) is 0 Å². The van der Waals surface area contributed by atoms with E-state index in [4.69, 9.17) is 27.0 Å². The van der Waals surface area contributed by atoms with Gasteiger partial charge in [-0.1, -0.05) is 24.3 Å². The first-order chi connectivity index (χ1) is 14.9. The number of carbonyl (C=O) groups is 2. The first-order valence-electron chi connectivity index (χ1n) is 8.75. The Kier molecular flexibility index (Phi) is 17.1. The van der Waals surface area contributed by atoms with Crippen molar-refractivity contribution in [1.82, 2.24) is 0 Å². The van der Waals surface area contributed by atoms with E-state index in [0.29, 0.717) is 22.6 Å². The van der Waals surface area contributed by atoms with Crippen molar-refractivity contribution in [2.24, 2.45) is 0 Å². The van der Waals surface area contributed by atoms with Gasteiger partial charge in [0.05, 0.1) is 20.6 Å². The van der Waals surface area contributed by atoms with Crippen molar-refractivity contribution in [2.75, 3.05) is 14.2 Å². The number of benzene rings is 2. The molecule has 0 radical (unpaired) electrons. The van der Waals surface area contributed by atoms with Gasteiger partial charge in [0.2, 0.25) is 0 Å². The fourth-order valence-electron chi connectivity index (χ4n) is 2.26. The summed E-state index contributed by atoms with van der Waals surface area (Å²) in [7, 11) is -2.30. The van der Waals surface area contributed by atoms with Gasteiger partial charge in [-0.3, -0.25) is 18.0 Å². The summed E-state index contributed by atoms with van der Waals surface area (Å²) in [6.07, 6.45) is 5.44. The van der Waals surface area contributed by atoms with Crippen LogP contribution in [-0.2, 0) is 20.0 Å². The molecule has 2 aromatic rings. The Morgan fingerprint density at radius 2 is 1.15 bits per heavy atom. The van der Waals surface area contributed by atoms with Crippen LogP contribution in [0.3, 0.4) is 0 Å². The third-order valence-corrected chi connectivity index (χ3v) is 3.68. The van der Waals surface area contributed by atoms with E-state index < -0.39 is 10.4 Å². The zero-order chi connectivity index (χ0) is 24.3. The van der Waals surface area contributed by atoms with E-state index in [1.165, 1.54) is 38.5 Å². The largest absolute Gasteiger partial charge is 1.00 e. The maximum atomic E-state index is 11.9. The molecule has 0 aliphatic heterocycles. The fraction of sp³-hybridized carbons (Fsp3) is 0.143. The summed E-state index contributed by atoms with van der Waals surface area (Å²) < 4.78 is 44.1. The Labute approximate surface area is 241 Å². The summed E-state index contributed by atoms with van der Waals surface area (Å²) in [6.45, 7) is 0. The standard InChI is InChI=1S/C21H20O6.2Na.H2O4S/c1-26-20-11-14(5-9-18(20)24)3-7-16(22)13-17(23)8-4-15-6-10-19(25)21(12-15)27-2;;;1-5(2,3)4/h3-12,24-25H,13H2,1-2H3;;;(H2,1,2,3,4)/q;2*+1;/p-2.